The van der Waals surface area contributed by atoms with E-state index in [4.69, 9.17) is 0 Å². The van der Waals surface area contributed by atoms with E-state index in [1.807, 2.05) is 32.9 Å². The van der Waals surface area contributed by atoms with Gasteiger partial charge in [0.05, 0.1) is 28.4 Å². The Morgan fingerprint density at radius 2 is 1.97 bits per heavy atom. The molecule has 0 aromatic carbocycles. The zero-order valence-electron chi connectivity index (χ0n) is 17.4. The molecule has 4 rings (SSSR count). The Morgan fingerprint density at radius 1 is 1.13 bits per heavy atom. The van der Waals surface area contributed by atoms with E-state index < -0.39 is 11.7 Å². The molecule has 4 aromatic heterocycles. The Hall–Kier alpha value is -3.88. The van der Waals surface area contributed by atoms with Gasteiger partial charge in [0.2, 0.25) is 5.95 Å². The molecular formula is C22H22FN7O. The van der Waals surface area contributed by atoms with Gasteiger partial charge in [0.15, 0.2) is 5.78 Å². The first-order valence-corrected chi connectivity index (χ1v) is 9.98. The summed E-state index contributed by atoms with van der Waals surface area (Å²) in [5, 5.41) is 6.71. The summed E-state index contributed by atoms with van der Waals surface area (Å²) in [5.74, 6) is -0.570. The molecule has 0 aliphatic rings. The quantitative estimate of drug-likeness (QED) is 0.304. The van der Waals surface area contributed by atoms with Gasteiger partial charge in [-0.1, -0.05) is 6.92 Å². The lowest BCUT2D eigenvalue weighted by Gasteiger charge is -2.11. The summed E-state index contributed by atoms with van der Waals surface area (Å²) in [5.41, 5.74) is 2.28. The number of nitrogens with one attached hydrogen (secondary N) is 3. The van der Waals surface area contributed by atoms with E-state index in [0.29, 0.717) is 22.5 Å². The summed E-state index contributed by atoms with van der Waals surface area (Å²) in [7, 11) is 0. The highest BCUT2D eigenvalue weighted by Crippen LogP contribution is 2.27. The first-order chi connectivity index (χ1) is 15.0. The van der Waals surface area contributed by atoms with Gasteiger partial charge in [0.1, 0.15) is 23.6 Å². The molecule has 0 fully saturated rings. The standard InChI is InChI=1S/C22H22FN7O/c1-4-13-5-6-14(9-24-13)29-17-8-7-15(20(23)30-17)19(31)16-10-25-21-18(16)22(27-11-26-21)28-12(2)3/h5-12H,4H2,1-3H3,(H,29,30)(H2,25,26,27,28). The van der Waals surface area contributed by atoms with Crippen LogP contribution in [0.15, 0.2) is 43.0 Å². The first-order valence-electron chi connectivity index (χ1n) is 9.98. The van der Waals surface area contributed by atoms with Crippen LogP contribution in [-0.4, -0.2) is 36.7 Å². The molecule has 31 heavy (non-hydrogen) atoms. The van der Waals surface area contributed by atoms with E-state index in [-0.39, 0.29) is 23.0 Å². The molecule has 158 valence electrons. The van der Waals surface area contributed by atoms with Crippen LogP contribution in [0.25, 0.3) is 11.0 Å². The number of fused-ring (bicyclic) bond motifs is 1. The van der Waals surface area contributed by atoms with Gasteiger partial charge in [0, 0.05) is 17.9 Å². The molecule has 0 amide bonds. The number of nitrogens with zero attached hydrogens (tertiary/aromatic N) is 4. The van der Waals surface area contributed by atoms with Crippen LogP contribution < -0.4 is 10.6 Å². The third kappa shape index (κ3) is 4.20. The lowest BCUT2D eigenvalue weighted by molar-refractivity contribution is 0.103. The van der Waals surface area contributed by atoms with Gasteiger partial charge >= 0.3 is 0 Å². The van der Waals surface area contributed by atoms with E-state index in [9.17, 15) is 9.18 Å². The number of carbonyl (C=O) groups excluding carboxylic acids is 1. The largest absolute Gasteiger partial charge is 0.367 e. The number of hydrogen-bond acceptors (Lipinski definition) is 7. The van der Waals surface area contributed by atoms with Crippen molar-refractivity contribution < 1.29 is 9.18 Å². The van der Waals surface area contributed by atoms with Gasteiger partial charge in [-0.3, -0.25) is 9.78 Å². The Labute approximate surface area is 178 Å². The molecule has 0 spiro atoms. The number of rotatable bonds is 7. The van der Waals surface area contributed by atoms with Crippen molar-refractivity contribution in [2.75, 3.05) is 10.6 Å². The summed E-state index contributed by atoms with van der Waals surface area (Å²) < 4.78 is 14.8. The predicted octanol–water partition coefficient (Wildman–Crippen LogP) is 4.24. The highest BCUT2D eigenvalue weighted by molar-refractivity contribution is 6.18. The SMILES string of the molecule is CCc1ccc(Nc2ccc(C(=O)c3c[nH]c4ncnc(NC(C)C)c34)c(F)n2)cn1. The number of ketones is 1. The fourth-order valence-electron chi connectivity index (χ4n) is 3.20. The Morgan fingerprint density at radius 3 is 2.65 bits per heavy atom. The van der Waals surface area contributed by atoms with Crippen LogP contribution >= 0.6 is 0 Å². The van der Waals surface area contributed by atoms with Crippen molar-refractivity contribution in [3.05, 3.63) is 65.8 Å². The third-order valence-corrected chi connectivity index (χ3v) is 4.69. The molecule has 0 bridgehead atoms. The smallest absolute Gasteiger partial charge is 0.226 e. The van der Waals surface area contributed by atoms with Crippen LogP contribution in [-0.2, 0) is 6.42 Å². The molecule has 3 N–H and O–H groups in total. The average Bonchev–Trinajstić information content (AvgIpc) is 3.19. The van der Waals surface area contributed by atoms with E-state index in [0.717, 1.165) is 12.1 Å². The normalized spacial score (nSPS) is 11.1. The van der Waals surface area contributed by atoms with Gasteiger partial charge in [-0.15, -0.1) is 0 Å². The number of aromatic amines is 1. The van der Waals surface area contributed by atoms with Gasteiger partial charge in [0.25, 0.3) is 0 Å². The Kier molecular flexibility index (Phi) is 5.57. The van der Waals surface area contributed by atoms with Crippen LogP contribution in [0.2, 0.25) is 0 Å². The number of hydrogen-bond donors (Lipinski definition) is 3. The molecule has 4 aromatic rings. The van der Waals surface area contributed by atoms with Crippen LogP contribution in [0.3, 0.4) is 0 Å². The van der Waals surface area contributed by atoms with Crippen molar-refractivity contribution in [3.8, 4) is 0 Å². The number of aryl methyl sites for hydroxylation is 1. The topological polar surface area (TPSA) is 108 Å². The fourth-order valence-corrected chi connectivity index (χ4v) is 3.20. The number of halogens is 1. The highest BCUT2D eigenvalue weighted by Gasteiger charge is 2.22. The van der Waals surface area contributed by atoms with E-state index >= 15 is 0 Å². The minimum absolute atomic E-state index is 0.0978. The van der Waals surface area contributed by atoms with Crippen molar-refractivity contribution in [1.82, 2.24) is 24.9 Å². The molecule has 0 saturated heterocycles. The van der Waals surface area contributed by atoms with E-state index in [2.05, 4.69) is 35.6 Å². The lowest BCUT2D eigenvalue weighted by atomic mass is 10.0. The molecule has 0 unspecified atom stereocenters. The maximum Gasteiger partial charge on any atom is 0.226 e. The van der Waals surface area contributed by atoms with Gasteiger partial charge in [-0.2, -0.15) is 4.39 Å². The number of anilines is 3. The lowest BCUT2D eigenvalue weighted by Crippen LogP contribution is -2.13. The number of H-pyrrole nitrogens is 1. The molecular weight excluding hydrogens is 397 g/mol. The van der Waals surface area contributed by atoms with Crippen molar-refractivity contribution in [3.63, 3.8) is 0 Å². The number of aromatic nitrogens is 5. The van der Waals surface area contributed by atoms with Crippen LogP contribution in [0, 0.1) is 5.95 Å². The zero-order valence-corrected chi connectivity index (χ0v) is 17.4. The maximum atomic E-state index is 14.8. The molecule has 0 radical (unpaired) electrons. The first kappa shape index (κ1) is 20.4. The number of carbonyl (C=O) groups is 1. The monoisotopic (exact) mass is 419 g/mol. The van der Waals surface area contributed by atoms with Gasteiger partial charge < -0.3 is 15.6 Å². The zero-order chi connectivity index (χ0) is 22.0. The molecule has 8 nitrogen and oxygen atoms in total. The summed E-state index contributed by atoms with van der Waals surface area (Å²) in [6, 6.07) is 6.81. The average molecular weight is 419 g/mol. The predicted molar refractivity (Wildman–Crippen MR) is 117 cm³/mol. The van der Waals surface area contributed by atoms with Gasteiger partial charge in [-0.05, 0) is 44.5 Å². The van der Waals surface area contributed by atoms with Crippen molar-refractivity contribution >= 4 is 34.1 Å². The summed E-state index contributed by atoms with van der Waals surface area (Å²) in [6.07, 6.45) is 5.41. The molecule has 4 heterocycles. The van der Waals surface area contributed by atoms with Crippen molar-refractivity contribution in [1.29, 1.82) is 0 Å². The Bertz CT molecular complexity index is 1230. The fraction of sp³-hybridized carbons (Fsp3) is 0.227. The van der Waals surface area contributed by atoms with E-state index in [1.165, 1.54) is 18.6 Å². The summed E-state index contributed by atoms with van der Waals surface area (Å²) >= 11 is 0. The van der Waals surface area contributed by atoms with E-state index in [1.54, 1.807) is 12.3 Å². The molecule has 0 aliphatic carbocycles. The van der Waals surface area contributed by atoms with Crippen LogP contribution in [0.4, 0.5) is 21.7 Å². The minimum Gasteiger partial charge on any atom is -0.367 e. The minimum atomic E-state index is -0.863. The highest BCUT2D eigenvalue weighted by atomic mass is 19.1. The Balaban J connectivity index is 1.63. The van der Waals surface area contributed by atoms with Crippen LogP contribution in [0.5, 0.6) is 0 Å². The third-order valence-electron chi connectivity index (χ3n) is 4.69. The molecule has 0 saturated carbocycles. The maximum absolute atomic E-state index is 14.8. The molecule has 0 atom stereocenters. The van der Waals surface area contributed by atoms with Gasteiger partial charge in [-0.25, -0.2) is 15.0 Å². The second-order valence-electron chi connectivity index (χ2n) is 7.33. The van der Waals surface area contributed by atoms with Crippen LogP contribution in [0.1, 0.15) is 42.4 Å². The molecule has 0 aliphatic heterocycles. The second kappa shape index (κ2) is 8.47. The van der Waals surface area contributed by atoms with Crippen molar-refractivity contribution in [2.45, 2.75) is 33.2 Å². The molecule has 9 heteroatoms. The summed E-state index contributed by atoms with van der Waals surface area (Å²) in [6.45, 7) is 5.94. The van der Waals surface area contributed by atoms with Crippen molar-refractivity contribution in [2.24, 2.45) is 0 Å². The second-order valence-corrected chi connectivity index (χ2v) is 7.33. The summed E-state index contributed by atoms with van der Waals surface area (Å²) in [4.78, 5) is 32.6. The number of pyridine rings is 2.